The van der Waals surface area contributed by atoms with Crippen molar-refractivity contribution in [3.05, 3.63) is 17.7 Å². The Hall–Kier alpha value is -1.04. The van der Waals surface area contributed by atoms with Crippen LogP contribution in [0.2, 0.25) is 0 Å². The molecule has 98 valence electrons. The first-order chi connectivity index (χ1) is 7.59. The number of rotatable bonds is 3. The average molecular weight is 250 g/mol. The zero-order valence-electron chi connectivity index (χ0n) is 10.4. The first-order valence-corrected chi connectivity index (χ1v) is 5.34. The van der Waals surface area contributed by atoms with Crippen molar-refractivity contribution in [2.24, 2.45) is 0 Å². The van der Waals surface area contributed by atoms with Crippen molar-refractivity contribution in [3.8, 4) is 0 Å². The highest BCUT2D eigenvalue weighted by molar-refractivity contribution is 5.12. The van der Waals surface area contributed by atoms with E-state index in [4.69, 9.17) is 0 Å². The quantitative estimate of drug-likeness (QED) is 0.824. The summed E-state index contributed by atoms with van der Waals surface area (Å²) in [4.78, 5) is 4.32. The Morgan fingerprint density at radius 1 is 1.29 bits per heavy atom. The van der Waals surface area contributed by atoms with Crippen LogP contribution >= 0.6 is 0 Å². The van der Waals surface area contributed by atoms with Gasteiger partial charge >= 0.3 is 6.36 Å². The van der Waals surface area contributed by atoms with Gasteiger partial charge < -0.3 is 4.57 Å². The van der Waals surface area contributed by atoms with Gasteiger partial charge in [0.15, 0.2) is 0 Å². The third-order valence-electron chi connectivity index (χ3n) is 2.34. The first kappa shape index (κ1) is 14.0. The Kier molecular flexibility index (Phi) is 3.86. The maximum absolute atomic E-state index is 11.8. The van der Waals surface area contributed by atoms with Gasteiger partial charge in [0, 0.05) is 18.2 Å². The maximum atomic E-state index is 11.8. The third kappa shape index (κ3) is 4.38. The minimum atomic E-state index is -4.57. The van der Waals surface area contributed by atoms with Gasteiger partial charge in [-0.1, -0.05) is 20.8 Å². The van der Waals surface area contributed by atoms with E-state index in [9.17, 15) is 13.2 Å². The van der Waals surface area contributed by atoms with Crippen LogP contribution in [0.15, 0.2) is 6.20 Å². The molecule has 0 spiro atoms. The van der Waals surface area contributed by atoms with E-state index in [0.29, 0.717) is 5.82 Å². The second-order valence-electron chi connectivity index (χ2n) is 4.91. The molecular formula is C11H17F3N2O. The molecule has 0 N–H and O–H groups in total. The Morgan fingerprint density at radius 3 is 2.29 bits per heavy atom. The predicted octanol–water partition coefficient (Wildman–Crippen LogP) is 3.03. The topological polar surface area (TPSA) is 27.1 Å². The van der Waals surface area contributed by atoms with E-state index in [1.807, 2.05) is 20.8 Å². The smallest absolute Gasteiger partial charge is 0.333 e. The lowest BCUT2D eigenvalue weighted by Crippen LogP contribution is -2.17. The van der Waals surface area contributed by atoms with Crippen LogP contribution in [0.1, 0.15) is 32.3 Å². The summed E-state index contributed by atoms with van der Waals surface area (Å²) in [6.07, 6.45) is -2.80. The van der Waals surface area contributed by atoms with Crippen LogP contribution in [0.25, 0.3) is 0 Å². The fourth-order valence-electron chi connectivity index (χ4n) is 1.36. The van der Waals surface area contributed by atoms with Crippen molar-refractivity contribution in [2.45, 2.75) is 46.0 Å². The number of aryl methyl sites for hydroxylation is 1. The molecule has 0 aliphatic rings. The average Bonchev–Trinajstić information content (AvgIpc) is 2.45. The normalized spacial score (nSPS) is 13.1. The van der Waals surface area contributed by atoms with Gasteiger partial charge in [0.05, 0.1) is 12.3 Å². The molecule has 0 aliphatic carbocycles. The molecule has 0 atom stereocenters. The van der Waals surface area contributed by atoms with Crippen LogP contribution in [-0.2, 0) is 16.7 Å². The summed E-state index contributed by atoms with van der Waals surface area (Å²) in [7, 11) is 0. The minimum absolute atomic E-state index is 0.110. The van der Waals surface area contributed by atoms with Crippen molar-refractivity contribution < 1.29 is 17.9 Å². The summed E-state index contributed by atoms with van der Waals surface area (Å²) in [6, 6.07) is 0. The number of hydrogen-bond donors (Lipinski definition) is 0. The molecule has 1 aromatic heterocycles. The predicted molar refractivity (Wildman–Crippen MR) is 57.7 cm³/mol. The molecule has 0 saturated heterocycles. The van der Waals surface area contributed by atoms with Crippen molar-refractivity contribution in [3.63, 3.8) is 0 Å². The van der Waals surface area contributed by atoms with E-state index in [0.717, 1.165) is 5.69 Å². The van der Waals surface area contributed by atoms with Crippen molar-refractivity contribution in [1.29, 1.82) is 0 Å². The van der Waals surface area contributed by atoms with Crippen molar-refractivity contribution in [1.82, 2.24) is 9.55 Å². The van der Waals surface area contributed by atoms with Crippen LogP contribution in [0.3, 0.4) is 0 Å². The second kappa shape index (κ2) is 4.68. The van der Waals surface area contributed by atoms with E-state index in [2.05, 4.69) is 9.72 Å². The van der Waals surface area contributed by atoms with Gasteiger partial charge in [0.25, 0.3) is 0 Å². The lowest BCUT2D eigenvalue weighted by Gasteiger charge is -2.14. The molecule has 0 unspecified atom stereocenters. The van der Waals surface area contributed by atoms with E-state index < -0.39 is 13.0 Å². The summed E-state index contributed by atoms with van der Waals surface area (Å²) in [5, 5.41) is 0. The molecule has 0 fully saturated rings. The highest BCUT2D eigenvalue weighted by atomic mass is 19.4. The van der Waals surface area contributed by atoms with Gasteiger partial charge in [-0.05, 0) is 6.92 Å². The monoisotopic (exact) mass is 250 g/mol. The third-order valence-corrected chi connectivity index (χ3v) is 2.34. The van der Waals surface area contributed by atoms with Crippen molar-refractivity contribution in [2.75, 3.05) is 6.61 Å². The molecule has 0 radical (unpaired) electrons. The standard InChI is InChI=1S/C11H17F3N2O/c1-8-15-9(10(2,3)4)7-16(8)5-6-17-11(12,13)14/h7H,5-6H2,1-4H3. The van der Waals surface area contributed by atoms with Crippen LogP contribution in [0.4, 0.5) is 13.2 Å². The molecule has 3 nitrogen and oxygen atoms in total. The molecule has 0 amide bonds. The Labute approximate surface area is 98.6 Å². The molecule has 0 saturated carbocycles. The highest BCUT2D eigenvalue weighted by Gasteiger charge is 2.28. The van der Waals surface area contributed by atoms with Gasteiger partial charge in [-0.15, -0.1) is 13.2 Å². The van der Waals surface area contributed by atoms with Gasteiger partial charge in [-0.2, -0.15) is 0 Å². The molecule has 0 aromatic carbocycles. The van der Waals surface area contributed by atoms with Gasteiger partial charge in [0.2, 0.25) is 0 Å². The number of imidazole rings is 1. The fourth-order valence-corrected chi connectivity index (χ4v) is 1.36. The number of hydrogen-bond acceptors (Lipinski definition) is 2. The molecule has 1 heterocycles. The SMILES string of the molecule is Cc1nc(C(C)(C)C)cn1CCOC(F)(F)F. The fraction of sp³-hybridized carbons (Fsp3) is 0.727. The largest absolute Gasteiger partial charge is 0.522 e. The van der Waals surface area contributed by atoms with Crippen LogP contribution in [0.5, 0.6) is 0 Å². The van der Waals surface area contributed by atoms with Gasteiger partial charge in [-0.3, -0.25) is 4.74 Å². The molecule has 0 bridgehead atoms. The number of aromatic nitrogens is 2. The highest BCUT2D eigenvalue weighted by Crippen LogP contribution is 2.21. The Balaban J connectivity index is 2.64. The Bertz CT molecular complexity index is 377. The molecule has 1 aromatic rings. The maximum Gasteiger partial charge on any atom is 0.522 e. The summed E-state index contributed by atoms with van der Waals surface area (Å²) in [5.41, 5.74) is 0.753. The zero-order chi connectivity index (χ0) is 13.3. The number of nitrogens with zero attached hydrogens (tertiary/aromatic N) is 2. The summed E-state index contributed by atoms with van der Waals surface area (Å²) in [6.45, 7) is 7.53. The lowest BCUT2D eigenvalue weighted by atomic mass is 9.93. The zero-order valence-corrected chi connectivity index (χ0v) is 10.4. The van der Waals surface area contributed by atoms with E-state index >= 15 is 0 Å². The Morgan fingerprint density at radius 2 is 1.88 bits per heavy atom. The van der Waals surface area contributed by atoms with Gasteiger partial charge in [-0.25, -0.2) is 4.98 Å². The van der Waals surface area contributed by atoms with E-state index in [1.165, 1.54) is 0 Å². The summed E-state index contributed by atoms with van der Waals surface area (Å²) < 4.78 is 40.8. The summed E-state index contributed by atoms with van der Waals surface area (Å²) in [5.74, 6) is 0.695. The van der Waals surface area contributed by atoms with Gasteiger partial charge in [0.1, 0.15) is 5.82 Å². The molecule has 17 heavy (non-hydrogen) atoms. The molecular weight excluding hydrogens is 233 g/mol. The second-order valence-corrected chi connectivity index (χ2v) is 4.91. The number of ether oxygens (including phenoxy) is 1. The van der Waals surface area contributed by atoms with Crippen LogP contribution in [0, 0.1) is 6.92 Å². The van der Waals surface area contributed by atoms with E-state index in [-0.39, 0.29) is 12.0 Å². The van der Waals surface area contributed by atoms with E-state index in [1.54, 1.807) is 17.7 Å². The minimum Gasteiger partial charge on any atom is -0.333 e. The summed E-state index contributed by atoms with van der Waals surface area (Å²) >= 11 is 0. The van der Waals surface area contributed by atoms with Crippen molar-refractivity contribution >= 4 is 0 Å². The lowest BCUT2D eigenvalue weighted by molar-refractivity contribution is -0.325. The van der Waals surface area contributed by atoms with Crippen LogP contribution in [-0.4, -0.2) is 22.5 Å². The first-order valence-electron chi connectivity index (χ1n) is 5.34. The number of halogens is 3. The number of alkyl halides is 3. The molecule has 1 rings (SSSR count). The molecule has 0 aliphatic heterocycles. The van der Waals surface area contributed by atoms with Crippen LogP contribution < -0.4 is 0 Å². The molecule has 6 heteroatoms.